The summed E-state index contributed by atoms with van der Waals surface area (Å²) in [7, 11) is 0. The molecule has 0 fully saturated rings. The van der Waals surface area contributed by atoms with Crippen LogP contribution in [0.2, 0.25) is 0 Å². The Bertz CT molecular complexity index is 314. The molecule has 0 atom stereocenters. The number of H-pyrrole nitrogens is 2. The average molecular weight is 137 g/mol. The topological polar surface area (TPSA) is 72.4 Å². The highest BCUT2D eigenvalue weighted by atomic mass is 16.1. The Morgan fingerprint density at radius 3 is 2.70 bits per heavy atom. The number of hydrogen-bond acceptors (Lipinski definition) is 2. The molecular formula is C6H7N3O. The second-order valence-corrected chi connectivity index (χ2v) is 1.90. The van der Waals surface area contributed by atoms with E-state index in [9.17, 15) is 4.79 Å². The first kappa shape index (κ1) is 6.62. The van der Waals surface area contributed by atoms with Gasteiger partial charge in [0.2, 0.25) is 0 Å². The van der Waals surface area contributed by atoms with Gasteiger partial charge >= 0.3 is 0 Å². The Balaban J connectivity index is 3.30. The molecule has 1 aromatic rings. The summed E-state index contributed by atoms with van der Waals surface area (Å²) in [5, 5.41) is 13.4. The van der Waals surface area contributed by atoms with Crippen LogP contribution in [0.4, 0.5) is 0 Å². The van der Waals surface area contributed by atoms with Gasteiger partial charge in [0.15, 0.2) is 0 Å². The van der Waals surface area contributed by atoms with E-state index in [1.54, 1.807) is 0 Å². The molecule has 0 radical (unpaired) electrons. The Labute approximate surface area is 57.5 Å². The van der Waals surface area contributed by atoms with Crippen LogP contribution in [0.3, 0.4) is 0 Å². The van der Waals surface area contributed by atoms with Crippen molar-refractivity contribution in [1.29, 1.82) is 5.26 Å². The van der Waals surface area contributed by atoms with Crippen molar-refractivity contribution >= 4 is 0 Å². The monoisotopic (exact) mass is 137 g/mol. The van der Waals surface area contributed by atoms with Crippen molar-refractivity contribution in [2.75, 3.05) is 0 Å². The summed E-state index contributed by atoms with van der Waals surface area (Å²) in [5.74, 6) is 0. The molecule has 1 aromatic heterocycles. The standard InChI is InChI=1S/C6H7N3O/c1-2-5-4(3-7)6(10)9-8-5/h2H2,1H3,(H2,8,9,10). The molecule has 0 spiro atoms. The van der Waals surface area contributed by atoms with E-state index in [-0.39, 0.29) is 11.1 Å². The molecule has 0 bridgehead atoms. The van der Waals surface area contributed by atoms with Crippen LogP contribution in [0.25, 0.3) is 0 Å². The molecule has 0 aliphatic heterocycles. The fourth-order valence-electron chi connectivity index (χ4n) is 0.778. The first-order chi connectivity index (χ1) is 4.79. The zero-order chi connectivity index (χ0) is 7.56. The highest BCUT2D eigenvalue weighted by Gasteiger charge is 2.04. The lowest BCUT2D eigenvalue weighted by Gasteiger charge is -1.84. The molecule has 0 saturated heterocycles. The number of aromatic nitrogens is 2. The molecule has 0 unspecified atom stereocenters. The van der Waals surface area contributed by atoms with Crippen LogP contribution >= 0.6 is 0 Å². The summed E-state index contributed by atoms with van der Waals surface area (Å²) < 4.78 is 0. The van der Waals surface area contributed by atoms with Gasteiger partial charge in [-0.3, -0.25) is 9.89 Å². The fraction of sp³-hybridized carbons (Fsp3) is 0.333. The minimum atomic E-state index is -0.334. The van der Waals surface area contributed by atoms with Gasteiger partial charge in [0.05, 0.1) is 5.69 Å². The van der Waals surface area contributed by atoms with E-state index >= 15 is 0 Å². The van der Waals surface area contributed by atoms with E-state index in [0.29, 0.717) is 12.1 Å². The molecule has 2 N–H and O–H groups in total. The first-order valence-corrected chi connectivity index (χ1v) is 2.99. The molecular weight excluding hydrogens is 130 g/mol. The van der Waals surface area contributed by atoms with Gasteiger partial charge in [-0.05, 0) is 6.42 Å². The van der Waals surface area contributed by atoms with Crippen LogP contribution < -0.4 is 5.56 Å². The maximum atomic E-state index is 10.7. The molecule has 0 aromatic carbocycles. The number of rotatable bonds is 1. The molecule has 52 valence electrons. The Kier molecular flexibility index (Phi) is 1.59. The molecule has 4 heteroatoms. The Morgan fingerprint density at radius 2 is 2.30 bits per heavy atom. The summed E-state index contributed by atoms with van der Waals surface area (Å²) in [6.45, 7) is 1.87. The minimum Gasteiger partial charge on any atom is -0.301 e. The minimum absolute atomic E-state index is 0.197. The van der Waals surface area contributed by atoms with E-state index in [2.05, 4.69) is 10.2 Å². The van der Waals surface area contributed by atoms with Crippen molar-refractivity contribution in [3.05, 3.63) is 21.6 Å². The summed E-state index contributed by atoms with van der Waals surface area (Å²) in [4.78, 5) is 10.7. The van der Waals surface area contributed by atoms with Gasteiger partial charge in [0, 0.05) is 0 Å². The maximum Gasteiger partial charge on any atom is 0.282 e. The van der Waals surface area contributed by atoms with Crippen molar-refractivity contribution in [2.24, 2.45) is 0 Å². The normalized spacial score (nSPS) is 9.20. The van der Waals surface area contributed by atoms with E-state index in [1.165, 1.54) is 0 Å². The van der Waals surface area contributed by atoms with Crippen LogP contribution in [0.1, 0.15) is 18.2 Å². The average Bonchev–Trinajstić information content (AvgIpc) is 2.30. The lowest BCUT2D eigenvalue weighted by Crippen LogP contribution is -2.02. The van der Waals surface area contributed by atoms with Crippen molar-refractivity contribution in [1.82, 2.24) is 10.2 Å². The van der Waals surface area contributed by atoms with Gasteiger partial charge in [-0.1, -0.05) is 6.92 Å². The Hall–Kier alpha value is -1.50. The molecule has 1 heterocycles. The van der Waals surface area contributed by atoms with Gasteiger partial charge in [0.25, 0.3) is 5.56 Å². The van der Waals surface area contributed by atoms with Gasteiger partial charge < -0.3 is 5.10 Å². The third-order valence-corrected chi connectivity index (χ3v) is 1.32. The highest BCUT2D eigenvalue weighted by molar-refractivity contribution is 5.30. The van der Waals surface area contributed by atoms with Crippen LogP contribution in [0.5, 0.6) is 0 Å². The Morgan fingerprint density at radius 1 is 1.60 bits per heavy atom. The largest absolute Gasteiger partial charge is 0.301 e. The van der Waals surface area contributed by atoms with E-state index in [1.807, 2.05) is 13.0 Å². The first-order valence-electron chi connectivity index (χ1n) is 2.99. The number of aromatic amines is 2. The SMILES string of the molecule is CCc1[nH][nH]c(=O)c1C#N. The number of nitrogens with one attached hydrogen (secondary N) is 2. The second kappa shape index (κ2) is 2.40. The lowest BCUT2D eigenvalue weighted by molar-refractivity contribution is 0.963. The number of nitrogens with zero attached hydrogens (tertiary/aromatic N) is 1. The molecule has 4 nitrogen and oxygen atoms in total. The molecule has 0 aliphatic carbocycles. The van der Waals surface area contributed by atoms with Gasteiger partial charge in [-0.15, -0.1) is 0 Å². The van der Waals surface area contributed by atoms with Gasteiger partial charge in [-0.2, -0.15) is 5.26 Å². The summed E-state index contributed by atoms with van der Waals surface area (Å²) in [6.07, 6.45) is 0.668. The highest BCUT2D eigenvalue weighted by Crippen LogP contribution is 1.96. The smallest absolute Gasteiger partial charge is 0.282 e. The fourth-order valence-corrected chi connectivity index (χ4v) is 0.778. The van der Waals surface area contributed by atoms with Crippen LogP contribution in [-0.4, -0.2) is 10.2 Å². The quantitative estimate of drug-likeness (QED) is 0.577. The molecule has 0 aliphatic rings. The van der Waals surface area contributed by atoms with Crippen molar-refractivity contribution in [3.8, 4) is 6.07 Å². The van der Waals surface area contributed by atoms with Gasteiger partial charge in [-0.25, -0.2) is 0 Å². The zero-order valence-electron chi connectivity index (χ0n) is 5.56. The third kappa shape index (κ3) is 0.818. The molecule has 0 amide bonds. The maximum absolute atomic E-state index is 10.7. The van der Waals surface area contributed by atoms with E-state index < -0.39 is 0 Å². The lowest BCUT2D eigenvalue weighted by atomic mass is 10.2. The van der Waals surface area contributed by atoms with Crippen LogP contribution in [0, 0.1) is 11.3 Å². The third-order valence-electron chi connectivity index (χ3n) is 1.32. The predicted molar refractivity (Wildman–Crippen MR) is 35.5 cm³/mol. The van der Waals surface area contributed by atoms with E-state index in [4.69, 9.17) is 5.26 Å². The molecule has 0 saturated carbocycles. The number of hydrogen-bond donors (Lipinski definition) is 2. The van der Waals surface area contributed by atoms with Crippen molar-refractivity contribution in [2.45, 2.75) is 13.3 Å². The second-order valence-electron chi connectivity index (χ2n) is 1.90. The zero-order valence-corrected chi connectivity index (χ0v) is 5.56. The van der Waals surface area contributed by atoms with Crippen LogP contribution in [0.15, 0.2) is 4.79 Å². The summed E-state index contributed by atoms with van der Waals surface area (Å²) in [6, 6.07) is 1.82. The van der Waals surface area contributed by atoms with E-state index in [0.717, 1.165) is 0 Å². The van der Waals surface area contributed by atoms with Crippen molar-refractivity contribution in [3.63, 3.8) is 0 Å². The van der Waals surface area contributed by atoms with Crippen molar-refractivity contribution < 1.29 is 0 Å². The number of nitriles is 1. The predicted octanol–water partition coefficient (Wildman–Crippen LogP) is 0.137. The number of aryl methyl sites for hydroxylation is 1. The summed E-state index contributed by atoms with van der Waals surface area (Å²) in [5.41, 5.74) is 0.536. The molecule has 10 heavy (non-hydrogen) atoms. The summed E-state index contributed by atoms with van der Waals surface area (Å²) >= 11 is 0. The van der Waals surface area contributed by atoms with Crippen LogP contribution in [-0.2, 0) is 6.42 Å². The van der Waals surface area contributed by atoms with Gasteiger partial charge in [0.1, 0.15) is 11.6 Å². The molecule has 1 rings (SSSR count).